The number of hydrogen-bond donors (Lipinski definition) is 1. The Kier molecular flexibility index (Phi) is 6.73. The Morgan fingerprint density at radius 3 is 2.35 bits per heavy atom. The fourth-order valence-corrected chi connectivity index (χ4v) is 4.15. The van der Waals surface area contributed by atoms with Crippen molar-refractivity contribution in [2.45, 2.75) is 84.0 Å². The molecule has 7 heteroatoms. The van der Waals surface area contributed by atoms with Gasteiger partial charge in [0, 0.05) is 11.6 Å². The molecule has 0 bridgehead atoms. The van der Waals surface area contributed by atoms with Crippen molar-refractivity contribution in [3.05, 3.63) is 59.7 Å². The van der Waals surface area contributed by atoms with Crippen LogP contribution >= 0.6 is 0 Å². The SMILES string of the molecule is CCC(C)(C)NC(=O)C(c1ccc(C(C)C)cc1)N(C(=O)Cn1nnc2ccccc21)C1CC1. The number of nitrogens with one attached hydrogen (secondary N) is 1. The zero-order chi connectivity index (χ0) is 24.5. The monoisotopic (exact) mass is 461 g/mol. The van der Waals surface area contributed by atoms with E-state index in [4.69, 9.17) is 0 Å². The highest BCUT2D eigenvalue weighted by Crippen LogP contribution is 2.36. The number of hydrogen-bond acceptors (Lipinski definition) is 4. The fraction of sp³-hybridized carbons (Fsp3) is 0.481. The first-order valence-electron chi connectivity index (χ1n) is 12.2. The third-order valence-electron chi connectivity index (χ3n) is 6.72. The summed E-state index contributed by atoms with van der Waals surface area (Å²) in [5, 5.41) is 11.6. The Hall–Kier alpha value is -3.22. The molecule has 4 rings (SSSR count). The Morgan fingerprint density at radius 2 is 1.74 bits per heavy atom. The summed E-state index contributed by atoms with van der Waals surface area (Å²) in [5.41, 5.74) is 3.22. The minimum Gasteiger partial charge on any atom is -0.349 e. The first kappa shape index (κ1) is 23.9. The van der Waals surface area contributed by atoms with Gasteiger partial charge in [0.15, 0.2) is 0 Å². The minimum absolute atomic E-state index is 0.0437. The normalized spacial score (nSPS) is 14.9. The third kappa shape index (κ3) is 5.13. The van der Waals surface area contributed by atoms with Crippen LogP contribution in [0.3, 0.4) is 0 Å². The maximum absolute atomic E-state index is 13.7. The number of carbonyl (C=O) groups excluding carboxylic acids is 2. The van der Waals surface area contributed by atoms with Gasteiger partial charge in [-0.2, -0.15) is 0 Å². The molecule has 7 nitrogen and oxygen atoms in total. The van der Waals surface area contributed by atoms with Crippen molar-refractivity contribution < 1.29 is 9.59 Å². The smallest absolute Gasteiger partial charge is 0.247 e. The lowest BCUT2D eigenvalue weighted by atomic mass is 9.96. The van der Waals surface area contributed by atoms with Gasteiger partial charge in [-0.05, 0) is 62.3 Å². The number of nitrogens with zero attached hydrogens (tertiary/aromatic N) is 4. The minimum atomic E-state index is -0.693. The maximum atomic E-state index is 13.7. The Bertz CT molecular complexity index is 1160. The number of para-hydroxylation sites is 1. The van der Waals surface area contributed by atoms with Crippen molar-refractivity contribution in [3.8, 4) is 0 Å². The van der Waals surface area contributed by atoms with Crippen molar-refractivity contribution in [2.75, 3.05) is 0 Å². The summed E-state index contributed by atoms with van der Waals surface area (Å²) in [5.74, 6) is 0.121. The molecule has 2 amide bonds. The Morgan fingerprint density at radius 1 is 1.09 bits per heavy atom. The van der Waals surface area contributed by atoms with Gasteiger partial charge in [0.2, 0.25) is 11.8 Å². The van der Waals surface area contributed by atoms with Crippen LogP contribution in [0.1, 0.15) is 77.0 Å². The quantitative estimate of drug-likeness (QED) is 0.505. The molecule has 0 saturated heterocycles. The maximum Gasteiger partial charge on any atom is 0.247 e. The van der Waals surface area contributed by atoms with Crippen LogP contribution in [-0.2, 0) is 16.1 Å². The number of rotatable bonds is 9. The van der Waals surface area contributed by atoms with E-state index in [1.165, 1.54) is 5.56 Å². The highest BCUT2D eigenvalue weighted by atomic mass is 16.2. The van der Waals surface area contributed by atoms with E-state index in [9.17, 15) is 9.59 Å². The Balaban J connectivity index is 1.69. The first-order chi connectivity index (χ1) is 16.2. The molecule has 3 aromatic rings. The van der Waals surface area contributed by atoms with Crippen molar-refractivity contribution in [3.63, 3.8) is 0 Å². The molecule has 1 heterocycles. The summed E-state index contributed by atoms with van der Waals surface area (Å²) in [6, 6.07) is 15.1. The standard InChI is InChI=1S/C27H35N5O2/c1-6-27(4,5)28-26(34)25(20-13-11-19(12-14-20)18(2)3)32(21-15-16-21)24(33)17-31-23-10-8-7-9-22(23)29-30-31/h7-14,18,21,25H,6,15-17H2,1-5H3,(H,28,34). The Labute approximate surface area is 201 Å². The molecule has 1 unspecified atom stereocenters. The van der Waals surface area contributed by atoms with Crippen LogP contribution in [0.2, 0.25) is 0 Å². The molecule has 1 N–H and O–H groups in total. The summed E-state index contributed by atoms with van der Waals surface area (Å²) < 4.78 is 1.62. The van der Waals surface area contributed by atoms with Gasteiger partial charge in [-0.25, -0.2) is 4.68 Å². The second kappa shape index (κ2) is 9.57. The molecule has 1 aliphatic rings. The molecule has 34 heavy (non-hydrogen) atoms. The topological polar surface area (TPSA) is 80.1 Å². The second-order valence-electron chi connectivity index (χ2n) is 10.2. The van der Waals surface area contributed by atoms with E-state index >= 15 is 0 Å². The fourth-order valence-electron chi connectivity index (χ4n) is 4.15. The number of aromatic nitrogens is 3. The molecular formula is C27H35N5O2. The molecule has 1 atom stereocenters. The van der Waals surface area contributed by atoms with E-state index in [0.717, 1.165) is 35.9 Å². The van der Waals surface area contributed by atoms with Gasteiger partial charge in [0.25, 0.3) is 0 Å². The number of benzene rings is 2. The molecule has 1 aliphatic carbocycles. The van der Waals surface area contributed by atoms with Crippen molar-refractivity contribution in [1.29, 1.82) is 0 Å². The van der Waals surface area contributed by atoms with Crippen molar-refractivity contribution in [2.24, 2.45) is 0 Å². The van der Waals surface area contributed by atoms with E-state index in [-0.39, 0.29) is 29.9 Å². The summed E-state index contributed by atoms with van der Waals surface area (Å²) >= 11 is 0. The molecule has 0 aliphatic heterocycles. The molecule has 1 aromatic heterocycles. The molecule has 0 radical (unpaired) electrons. The largest absolute Gasteiger partial charge is 0.349 e. The van der Waals surface area contributed by atoms with Gasteiger partial charge in [-0.1, -0.05) is 62.4 Å². The lowest BCUT2D eigenvalue weighted by Gasteiger charge is -2.35. The average Bonchev–Trinajstić information content (AvgIpc) is 3.57. The highest BCUT2D eigenvalue weighted by molar-refractivity contribution is 5.90. The van der Waals surface area contributed by atoms with Crippen LogP contribution in [0.15, 0.2) is 48.5 Å². The van der Waals surface area contributed by atoms with E-state index < -0.39 is 6.04 Å². The average molecular weight is 462 g/mol. The van der Waals surface area contributed by atoms with Gasteiger partial charge in [0.05, 0.1) is 5.52 Å². The second-order valence-corrected chi connectivity index (χ2v) is 10.2. The lowest BCUT2D eigenvalue weighted by molar-refractivity contribution is -0.143. The van der Waals surface area contributed by atoms with Gasteiger partial charge < -0.3 is 10.2 Å². The number of carbonyl (C=O) groups is 2. The third-order valence-corrected chi connectivity index (χ3v) is 6.72. The van der Waals surface area contributed by atoms with Crippen molar-refractivity contribution >= 4 is 22.8 Å². The van der Waals surface area contributed by atoms with Crippen LogP contribution in [0.4, 0.5) is 0 Å². The van der Waals surface area contributed by atoms with E-state index in [2.05, 4.69) is 41.6 Å². The van der Waals surface area contributed by atoms with E-state index in [1.54, 1.807) is 9.58 Å². The zero-order valence-corrected chi connectivity index (χ0v) is 20.8. The number of amides is 2. The summed E-state index contributed by atoms with van der Waals surface area (Å²) in [6.07, 6.45) is 2.59. The number of fused-ring (bicyclic) bond motifs is 1. The molecule has 180 valence electrons. The zero-order valence-electron chi connectivity index (χ0n) is 20.8. The molecule has 1 fully saturated rings. The van der Waals surface area contributed by atoms with Gasteiger partial charge in [-0.3, -0.25) is 9.59 Å². The van der Waals surface area contributed by atoms with E-state index in [0.29, 0.717) is 5.92 Å². The predicted octanol–water partition coefficient (Wildman–Crippen LogP) is 4.59. The van der Waals surface area contributed by atoms with Crippen LogP contribution < -0.4 is 5.32 Å². The van der Waals surface area contributed by atoms with Crippen LogP contribution in [-0.4, -0.2) is 43.3 Å². The summed E-state index contributed by atoms with van der Waals surface area (Å²) in [7, 11) is 0. The lowest BCUT2D eigenvalue weighted by Crippen LogP contribution is -2.51. The molecule has 2 aromatic carbocycles. The predicted molar refractivity (Wildman–Crippen MR) is 133 cm³/mol. The van der Waals surface area contributed by atoms with Gasteiger partial charge in [0.1, 0.15) is 18.1 Å². The van der Waals surface area contributed by atoms with Crippen LogP contribution in [0, 0.1) is 0 Å². The molecular weight excluding hydrogens is 426 g/mol. The van der Waals surface area contributed by atoms with Crippen LogP contribution in [0.25, 0.3) is 11.0 Å². The van der Waals surface area contributed by atoms with Gasteiger partial charge in [-0.15, -0.1) is 5.10 Å². The molecule has 0 spiro atoms. The van der Waals surface area contributed by atoms with E-state index in [1.807, 2.05) is 57.2 Å². The first-order valence-corrected chi connectivity index (χ1v) is 12.2. The highest BCUT2D eigenvalue weighted by Gasteiger charge is 2.42. The van der Waals surface area contributed by atoms with Gasteiger partial charge >= 0.3 is 0 Å². The van der Waals surface area contributed by atoms with Crippen LogP contribution in [0.5, 0.6) is 0 Å². The summed E-state index contributed by atoms with van der Waals surface area (Å²) in [6.45, 7) is 10.4. The van der Waals surface area contributed by atoms with Crippen molar-refractivity contribution in [1.82, 2.24) is 25.2 Å². The summed E-state index contributed by atoms with van der Waals surface area (Å²) in [4.78, 5) is 29.2. The molecule has 1 saturated carbocycles.